The number of nitrogens with zero attached hydrogens (tertiary/aromatic N) is 1. The number of carbonyl (C=O) groups excluding carboxylic acids is 1. The van der Waals surface area contributed by atoms with Crippen LogP contribution in [0, 0.1) is 5.92 Å². The topological polar surface area (TPSA) is 48.0 Å². The average Bonchev–Trinajstić information content (AvgIpc) is 3.19. The lowest BCUT2D eigenvalue weighted by Gasteiger charge is -2.36. The van der Waals surface area contributed by atoms with Gasteiger partial charge in [-0.05, 0) is 48.4 Å². The van der Waals surface area contributed by atoms with Crippen LogP contribution in [0.4, 0.5) is 0 Å². The molecule has 2 unspecified atom stereocenters. The summed E-state index contributed by atoms with van der Waals surface area (Å²) in [5.74, 6) is 1.24. The van der Waals surface area contributed by atoms with Crippen LogP contribution >= 0.6 is 0 Å². The number of hydrogen-bond acceptors (Lipinski definition) is 5. The van der Waals surface area contributed by atoms with Crippen LogP contribution in [0.3, 0.4) is 0 Å². The van der Waals surface area contributed by atoms with Crippen molar-refractivity contribution in [3.8, 4) is 11.5 Å². The number of rotatable bonds is 6. The monoisotopic (exact) mass is 441 g/mol. The summed E-state index contributed by atoms with van der Waals surface area (Å²) >= 11 is 0. The summed E-state index contributed by atoms with van der Waals surface area (Å²) in [7, 11) is 1.65. The standard InChI is InChI=1S/C28H27NO4/c1-3-32-28(30)25-23-18-33-24-12-8-7-11-22(24)27(23)29(17-19-9-5-4-6-10-19)26(25)20-13-15-21(31-2)16-14-20/h4-16,23,27H,3,17-18H2,1-2H3. The second kappa shape index (κ2) is 9.02. The molecule has 2 aliphatic heterocycles. The summed E-state index contributed by atoms with van der Waals surface area (Å²) in [5.41, 5.74) is 4.81. The molecule has 0 spiro atoms. The quantitative estimate of drug-likeness (QED) is 0.490. The highest BCUT2D eigenvalue weighted by atomic mass is 16.5. The number of ether oxygens (including phenoxy) is 3. The fourth-order valence-electron chi connectivity index (χ4n) is 4.92. The first-order valence-corrected chi connectivity index (χ1v) is 11.3. The highest BCUT2D eigenvalue weighted by Crippen LogP contribution is 2.53. The van der Waals surface area contributed by atoms with Crippen molar-refractivity contribution in [1.29, 1.82) is 0 Å². The van der Waals surface area contributed by atoms with Gasteiger partial charge >= 0.3 is 5.97 Å². The maximum atomic E-state index is 13.3. The van der Waals surface area contributed by atoms with Crippen molar-refractivity contribution in [1.82, 2.24) is 4.90 Å². The molecule has 33 heavy (non-hydrogen) atoms. The van der Waals surface area contributed by atoms with Crippen molar-refractivity contribution in [3.05, 3.63) is 101 Å². The fourth-order valence-corrected chi connectivity index (χ4v) is 4.92. The maximum Gasteiger partial charge on any atom is 0.336 e. The van der Waals surface area contributed by atoms with E-state index in [1.54, 1.807) is 7.11 Å². The van der Waals surface area contributed by atoms with Gasteiger partial charge < -0.3 is 19.1 Å². The molecule has 0 radical (unpaired) electrons. The van der Waals surface area contributed by atoms with E-state index < -0.39 is 0 Å². The van der Waals surface area contributed by atoms with E-state index in [0.717, 1.165) is 28.3 Å². The summed E-state index contributed by atoms with van der Waals surface area (Å²) < 4.78 is 17.0. The number of hydrogen-bond donors (Lipinski definition) is 0. The van der Waals surface area contributed by atoms with E-state index in [0.29, 0.717) is 25.3 Å². The van der Waals surface area contributed by atoms with Crippen LogP contribution in [0.2, 0.25) is 0 Å². The first-order chi connectivity index (χ1) is 16.2. The van der Waals surface area contributed by atoms with Crippen LogP contribution in [0.5, 0.6) is 11.5 Å². The SMILES string of the molecule is CCOC(=O)C1=C(c2ccc(OC)cc2)N(Cc2ccccc2)C2c3ccccc3OCC12. The lowest BCUT2D eigenvalue weighted by molar-refractivity contribution is -0.139. The number of methoxy groups -OCH3 is 1. The molecule has 2 aliphatic rings. The Balaban J connectivity index is 1.69. The minimum Gasteiger partial charge on any atom is -0.497 e. The minimum absolute atomic E-state index is 0.0216. The summed E-state index contributed by atoms with van der Waals surface area (Å²) in [6, 6.07) is 26.3. The van der Waals surface area contributed by atoms with Gasteiger partial charge in [0.1, 0.15) is 11.5 Å². The summed E-state index contributed by atoms with van der Waals surface area (Å²) in [6.07, 6.45) is 0. The highest BCUT2D eigenvalue weighted by Gasteiger charge is 2.48. The molecule has 0 fully saturated rings. The molecular weight excluding hydrogens is 414 g/mol. The van der Waals surface area contributed by atoms with E-state index in [4.69, 9.17) is 14.2 Å². The van der Waals surface area contributed by atoms with Crippen LogP contribution in [0.15, 0.2) is 84.4 Å². The number of benzene rings is 3. The molecule has 3 aromatic rings. The van der Waals surface area contributed by atoms with Gasteiger partial charge in [-0.15, -0.1) is 0 Å². The molecule has 0 aromatic heterocycles. The number of para-hydroxylation sites is 1. The molecule has 168 valence electrons. The smallest absolute Gasteiger partial charge is 0.336 e. The molecule has 2 atom stereocenters. The Labute approximate surface area is 194 Å². The van der Waals surface area contributed by atoms with Gasteiger partial charge in [0.2, 0.25) is 0 Å². The Morgan fingerprint density at radius 2 is 1.73 bits per heavy atom. The molecule has 2 heterocycles. The first-order valence-electron chi connectivity index (χ1n) is 11.3. The van der Waals surface area contributed by atoms with Gasteiger partial charge in [-0.1, -0.05) is 48.5 Å². The van der Waals surface area contributed by atoms with Gasteiger partial charge in [0.25, 0.3) is 0 Å². The molecule has 0 saturated heterocycles. The van der Waals surface area contributed by atoms with E-state index >= 15 is 0 Å². The number of carbonyl (C=O) groups is 1. The van der Waals surface area contributed by atoms with Gasteiger partial charge in [0.15, 0.2) is 0 Å². The van der Waals surface area contributed by atoms with Crippen molar-refractivity contribution in [3.63, 3.8) is 0 Å². The third kappa shape index (κ3) is 3.84. The Morgan fingerprint density at radius 3 is 2.45 bits per heavy atom. The molecule has 0 N–H and O–H groups in total. The van der Waals surface area contributed by atoms with Crippen molar-refractivity contribution < 1.29 is 19.0 Å². The predicted octanol–water partition coefficient (Wildman–Crippen LogP) is 5.24. The molecule has 5 nitrogen and oxygen atoms in total. The molecule has 0 aliphatic carbocycles. The minimum atomic E-state index is -0.281. The van der Waals surface area contributed by atoms with Gasteiger partial charge in [-0.25, -0.2) is 4.79 Å². The van der Waals surface area contributed by atoms with Crippen LogP contribution < -0.4 is 9.47 Å². The largest absolute Gasteiger partial charge is 0.497 e. The first kappa shape index (κ1) is 21.1. The molecule has 3 aromatic carbocycles. The summed E-state index contributed by atoms with van der Waals surface area (Å²) in [5, 5.41) is 0. The van der Waals surface area contributed by atoms with Crippen LogP contribution in [-0.2, 0) is 16.1 Å². The Morgan fingerprint density at radius 1 is 1.00 bits per heavy atom. The van der Waals surface area contributed by atoms with E-state index in [2.05, 4.69) is 23.1 Å². The zero-order valence-corrected chi connectivity index (χ0v) is 18.9. The number of fused-ring (bicyclic) bond motifs is 3. The summed E-state index contributed by atoms with van der Waals surface area (Å²) in [4.78, 5) is 15.7. The molecule has 5 rings (SSSR count). The Kier molecular flexibility index (Phi) is 5.78. The third-order valence-corrected chi connectivity index (χ3v) is 6.34. The van der Waals surface area contributed by atoms with Gasteiger partial charge in [-0.2, -0.15) is 0 Å². The van der Waals surface area contributed by atoms with E-state index in [9.17, 15) is 4.79 Å². The van der Waals surface area contributed by atoms with Crippen LogP contribution in [0.1, 0.15) is 29.7 Å². The zero-order chi connectivity index (χ0) is 22.8. The van der Waals surface area contributed by atoms with Crippen molar-refractivity contribution in [2.45, 2.75) is 19.5 Å². The lowest BCUT2D eigenvalue weighted by atomic mass is 9.87. The average molecular weight is 442 g/mol. The molecular formula is C28H27NO4. The fraction of sp³-hybridized carbons (Fsp3) is 0.250. The molecule has 0 amide bonds. The van der Waals surface area contributed by atoms with Gasteiger partial charge in [-0.3, -0.25) is 0 Å². The van der Waals surface area contributed by atoms with Crippen LogP contribution in [0.25, 0.3) is 5.70 Å². The lowest BCUT2D eigenvalue weighted by Crippen LogP contribution is -2.33. The molecule has 0 saturated carbocycles. The second-order valence-electron chi connectivity index (χ2n) is 8.22. The Bertz CT molecular complexity index is 1170. The van der Waals surface area contributed by atoms with E-state index in [1.165, 1.54) is 5.56 Å². The van der Waals surface area contributed by atoms with E-state index in [-0.39, 0.29) is 17.9 Å². The van der Waals surface area contributed by atoms with Crippen molar-refractivity contribution in [2.24, 2.45) is 5.92 Å². The molecule has 5 heteroatoms. The normalized spacial score (nSPS) is 18.9. The zero-order valence-electron chi connectivity index (χ0n) is 18.9. The summed E-state index contributed by atoms with van der Waals surface area (Å²) in [6.45, 7) is 3.26. The van der Waals surface area contributed by atoms with Gasteiger partial charge in [0.05, 0.1) is 43.6 Å². The predicted molar refractivity (Wildman–Crippen MR) is 127 cm³/mol. The third-order valence-electron chi connectivity index (χ3n) is 6.34. The molecule has 0 bridgehead atoms. The number of esters is 1. The Hall–Kier alpha value is -3.73. The highest BCUT2D eigenvalue weighted by molar-refractivity contribution is 5.99. The van der Waals surface area contributed by atoms with Gasteiger partial charge in [0, 0.05) is 12.1 Å². The van der Waals surface area contributed by atoms with Crippen molar-refractivity contribution in [2.75, 3.05) is 20.3 Å². The maximum absolute atomic E-state index is 13.3. The van der Waals surface area contributed by atoms with E-state index in [1.807, 2.05) is 67.6 Å². The van der Waals surface area contributed by atoms with Crippen LogP contribution in [-0.4, -0.2) is 31.2 Å². The van der Waals surface area contributed by atoms with Crippen molar-refractivity contribution >= 4 is 11.7 Å². The second-order valence-corrected chi connectivity index (χ2v) is 8.22.